The summed E-state index contributed by atoms with van der Waals surface area (Å²) < 4.78 is 17.7. The van der Waals surface area contributed by atoms with Gasteiger partial charge >= 0.3 is 5.97 Å². The Labute approximate surface area is 187 Å². The third-order valence-electron chi connectivity index (χ3n) is 5.22. The highest BCUT2D eigenvalue weighted by atomic mass is 16.5. The molecule has 1 N–H and O–H groups in total. The molecule has 1 heterocycles. The van der Waals surface area contributed by atoms with Crippen molar-refractivity contribution in [1.82, 2.24) is 9.88 Å². The van der Waals surface area contributed by atoms with E-state index in [-0.39, 0.29) is 19.1 Å². The highest BCUT2D eigenvalue weighted by Gasteiger charge is 2.19. The van der Waals surface area contributed by atoms with Gasteiger partial charge in [-0.1, -0.05) is 23.8 Å². The summed E-state index contributed by atoms with van der Waals surface area (Å²) in [6, 6.07) is 15.2. The number of methoxy groups -OCH3 is 2. The first-order valence-electron chi connectivity index (χ1n) is 10.2. The number of esters is 1. The van der Waals surface area contributed by atoms with Gasteiger partial charge in [0.2, 0.25) is 0 Å². The van der Waals surface area contributed by atoms with Crippen molar-refractivity contribution in [2.75, 3.05) is 20.8 Å². The van der Waals surface area contributed by atoms with Gasteiger partial charge < -0.3 is 24.1 Å². The van der Waals surface area contributed by atoms with E-state index < -0.39 is 5.97 Å². The van der Waals surface area contributed by atoms with Gasteiger partial charge in [-0.15, -0.1) is 0 Å². The molecule has 0 aliphatic carbocycles. The number of benzene rings is 2. The Morgan fingerprint density at radius 1 is 0.906 bits per heavy atom. The van der Waals surface area contributed by atoms with E-state index in [0.717, 1.165) is 28.2 Å². The van der Waals surface area contributed by atoms with E-state index in [9.17, 15) is 9.59 Å². The molecule has 2 aromatic carbocycles. The molecule has 0 saturated heterocycles. The predicted molar refractivity (Wildman–Crippen MR) is 122 cm³/mol. The number of aryl methyl sites for hydroxylation is 2. The second-order valence-corrected chi connectivity index (χ2v) is 7.50. The second-order valence-electron chi connectivity index (χ2n) is 7.50. The number of ether oxygens (including phenoxy) is 3. The quantitative estimate of drug-likeness (QED) is 0.542. The summed E-state index contributed by atoms with van der Waals surface area (Å²) in [5.41, 5.74) is 5.09. The van der Waals surface area contributed by atoms with E-state index in [1.807, 2.05) is 55.7 Å². The number of carbonyl (C=O) groups is 2. The van der Waals surface area contributed by atoms with Crippen molar-refractivity contribution in [1.29, 1.82) is 0 Å². The number of hydrogen-bond acceptors (Lipinski definition) is 5. The minimum atomic E-state index is -0.530. The van der Waals surface area contributed by atoms with Crippen LogP contribution in [0.4, 0.5) is 0 Å². The van der Waals surface area contributed by atoms with Crippen LogP contribution in [0.25, 0.3) is 5.69 Å². The molecule has 7 nitrogen and oxygen atoms in total. The van der Waals surface area contributed by atoms with Crippen LogP contribution in [-0.4, -0.2) is 37.3 Å². The van der Waals surface area contributed by atoms with Gasteiger partial charge in [0.15, 0.2) is 18.1 Å². The average Bonchev–Trinajstić information content (AvgIpc) is 3.10. The first-order chi connectivity index (χ1) is 15.3. The van der Waals surface area contributed by atoms with Crippen LogP contribution in [0.5, 0.6) is 11.5 Å². The molecule has 168 valence electrons. The van der Waals surface area contributed by atoms with Crippen LogP contribution in [-0.2, 0) is 16.1 Å². The summed E-state index contributed by atoms with van der Waals surface area (Å²) in [4.78, 5) is 24.8. The Hall–Kier alpha value is -3.74. The fourth-order valence-corrected chi connectivity index (χ4v) is 3.51. The van der Waals surface area contributed by atoms with Crippen LogP contribution < -0.4 is 14.8 Å². The SMILES string of the molecule is COc1ccc(CNC(=O)COC(=O)c2cc(C)n(-c3ccc(C)cc3)c2C)cc1OC. The van der Waals surface area contributed by atoms with Gasteiger partial charge in [0.25, 0.3) is 5.91 Å². The van der Waals surface area contributed by atoms with Crippen LogP contribution in [0.2, 0.25) is 0 Å². The van der Waals surface area contributed by atoms with Crippen molar-refractivity contribution in [3.05, 3.63) is 76.6 Å². The molecule has 7 heteroatoms. The van der Waals surface area contributed by atoms with E-state index in [4.69, 9.17) is 14.2 Å². The summed E-state index contributed by atoms with van der Waals surface area (Å²) in [5.74, 6) is 0.271. The summed E-state index contributed by atoms with van der Waals surface area (Å²) in [6.45, 7) is 5.73. The van der Waals surface area contributed by atoms with E-state index in [0.29, 0.717) is 17.1 Å². The van der Waals surface area contributed by atoms with Gasteiger partial charge in [-0.05, 0) is 56.7 Å². The van der Waals surface area contributed by atoms with Crippen LogP contribution in [0.15, 0.2) is 48.5 Å². The Balaban J connectivity index is 1.59. The summed E-state index contributed by atoms with van der Waals surface area (Å²) in [5, 5.41) is 2.74. The molecule has 0 saturated carbocycles. The number of hydrogen-bond donors (Lipinski definition) is 1. The van der Waals surface area contributed by atoms with E-state index in [2.05, 4.69) is 5.32 Å². The van der Waals surface area contributed by atoms with Gasteiger partial charge in [0.05, 0.1) is 19.8 Å². The monoisotopic (exact) mass is 436 g/mol. The standard InChI is InChI=1S/C25H28N2O5/c1-16-6-9-20(10-7-16)27-17(2)12-21(18(27)3)25(29)32-15-24(28)26-14-19-8-11-22(30-4)23(13-19)31-5/h6-13H,14-15H2,1-5H3,(H,26,28). The van der Waals surface area contributed by atoms with Crippen molar-refractivity contribution in [3.63, 3.8) is 0 Å². The lowest BCUT2D eigenvalue weighted by molar-refractivity contribution is -0.124. The number of rotatable bonds is 8. The molecule has 0 aliphatic heterocycles. The molecule has 1 amide bonds. The fraction of sp³-hybridized carbons (Fsp3) is 0.280. The minimum Gasteiger partial charge on any atom is -0.493 e. The zero-order chi connectivity index (χ0) is 23.3. The van der Waals surface area contributed by atoms with E-state index in [1.54, 1.807) is 32.4 Å². The summed E-state index contributed by atoms with van der Waals surface area (Å²) in [6.07, 6.45) is 0. The van der Waals surface area contributed by atoms with Gasteiger partial charge in [0.1, 0.15) is 0 Å². The topological polar surface area (TPSA) is 78.8 Å². The lowest BCUT2D eigenvalue weighted by atomic mass is 10.2. The fourth-order valence-electron chi connectivity index (χ4n) is 3.51. The van der Waals surface area contributed by atoms with E-state index in [1.165, 1.54) is 0 Å². The minimum absolute atomic E-state index is 0.276. The normalized spacial score (nSPS) is 10.5. The number of amides is 1. The molecule has 0 spiro atoms. The van der Waals surface area contributed by atoms with Crippen LogP contribution >= 0.6 is 0 Å². The third-order valence-corrected chi connectivity index (χ3v) is 5.22. The van der Waals surface area contributed by atoms with Crippen LogP contribution in [0.1, 0.15) is 32.9 Å². The maximum absolute atomic E-state index is 12.6. The molecule has 0 radical (unpaired) electrons. The predicted octanol–water partition coefficient (Wildman–Crippen LogP) is 3.89. The molecule has 32 heavy (non-hydrogen) atoms. The molecule has 0 atom stereocenters. The molecule has 0 bridgehead atoms. The van der Waals surface area contributed by atoms with Gasteiger partial charge in [-0.2, -0.15) is 0 Å². The molecular weight excluding hydrogens is 408 g/mol. The van der Waals surface area contributed by atoms with Gasteiger partial charge in [0, 0.05) is 23.6 Å². The van der Waals surface area contributed by atoms with Crippen molar-refractivity contribution >= 4 is 11.9 Å². The number of aromatic nitrogens is 1. The maximum atomic E-state index is 12.6. The molecular formula is C25H28N2O5. The highest BCUT2D eigenvalue weighted by Crippen LogP contribution is 2.27. The molecule has 0 fully saturated rings. The van der Waals surface area contributed by atoms with Gasteiger partial charge in [-0.25, -0.2) is 4.79 Å². The highest BCUT2D eigenvalue weighted by molar-refractivity contribution is 5.93. The molecule has 0 unspecified atom stereocenters. The smallest absolute Gasteiger partial charge is 0.340 e. The lowest BCUT2D eigenvalue weighted by Gasteiger charge is -2.11. The molecule has 3 rings (SSSR count). The second kappa shape index (κ2) is 10.0. The van der Waals surface area contributed by atoms with Crippen LogP contribution in [0, 0.1) is 20.8 Å². The summed E-state index contributed by atoms with van der Waals surface area (Å²) >= 11 is 0. The molecule has 3 aromatic rings. The summed E-state index contributed by atoms with van der Waals surface area (Å²) in [7, 11) is 3.11. The van der Waals surface area contributed by atoms with Crippen molar-refractivity contribution < 1.29 is 23.8 Å². The lowest BCUT2D eigenvalue weighted by Crippen LogP contribution is -2.28. The first-order valence-corrected chi connectivity index (χ1v) is 10.2. The number of carbonyl (C=O) groups excluding carboxylic acids is 2. The largest absolute Gasteiger partial charge is 0.493 e. The molecule has 1 aromatic heterocycles. The van der Waals surface area contributed by atoms with E-state index >= 15 is 0 Å². The van der Waals surface area contributed by atoms with Crippen molar-refractivity contribution in [2.24, 2.45) is 0 Å². The Bertz CT molecular complexity index is 1120. The number of nitrogens with zero attached hydrogens (tertiary/aromatic N) is 1. The first kappa shape index (κ1) is 22.9. The zero-order valence-electron chi connectivity index (χ0n) is 19.0. The Morgan fingerprint density at radius 3 is 2.25 bits per heavy atom. The molecule has 0 aliphatic rings. The third kappa shape index (κ3) is 5.11. The Kier molecular flexibility index (Phi) is 7.20. The number of nitrogens with one attached hydrogen (secondary N) is 1. The van der Waals surface area contributed by atoms with Crippen molar-refractivity contribution in [3.8, 4) is 17.2 Å². The Morgan fingerprint density at radius 2 is 1.59 bits per heavy atom. The van der Waals surface area contributed by atoms with Gasteiger partial charge in [-0.3, -0.25) is 4.79 Å². The van der Waals surface area contributed by atoms with Crippen LogP contribution in [0.3, 0.4) is 0 Å². The zero-order valence-corrected chi connectivity index (χ0v) is 19.0. The van der Waals surface area contributed by atoms with Crippen molar-refractivity contribution in [2.45, 2.75) is 27.3 Å². The maximum Gasteiger partial charge on any atom is 0.340 e. The average molecular weight is 437 g/mol.